The van der Waals surface area contributed by atoms with Crippen LogP contribution in [0.5, 0.6) is 0 Å². The van der Waals surface area contributed by atoms with E-state index in [0.717, 1.165) is 44.3 Å². The Morgan fingerprint density at radius 3 is 2.56 bits per heavy atom. The molecule has 0 N–H and O–H groups in total. The van der Waals surface area contributed by atoms with Gasteiger partial charge in [0.15, 0.2) is 0 Å². The first-order valence-corrected chi connectivity index (χ1v) is 9.26. The molecule has 0 saturated carbocycles. The molecule has 1 fully saturated rings. The third-order valence-electron chi connectivity index (χ3n) is 5.71. The first-order chi connectivity index (χ1) is 12.2. The molecule has 1 amide bonds. The van der Waals surface area contributed by atoms with Crippen LogP contribution in [-0.2, 0) is 12.8 Å². The maximum absolute atomic E-state index is 12.9. The highest BCUT2D eigenvalue weighted by atomic mass is 16.2. The maximum atomic E-state index is 12.9. The molecule has 25 heavy (non-hydrogen) atoms. The number of fused-ring (bicyclic) bond motifs is 1. The molecule has 0 spiro atoms. The number of hydrogen-bond donors (Lipinski definition) is 0. The van der Waals surface area contributed by atoms with Crippen molar-refractivity contribution in [2.75, 3.05) is 25.0 Å². The van der Waals surface area contributed by atoms with Crippen molar-refractivity contribution in [1.29, 1.82) is 0 Å². The third-order valence-corrected chi connectivity index (χ3v) is 5.71. The van der Waals surface area contributed by atoms with E-state index in [9.17, 15) is 4.79 Å². The maximum Gasteiger partial charge on any atom is 0.253 e. The summed E-state index contributed by atoms with van der Waals surface area (Å²) in [6.45, 7) is 1.97. The summed E-state index contributed by atoms with van der Waals surface area (Å²) in [4.78, 5) is 21.3. The molecule has 0 atom stereocenters. The number of anilines is 1. The number of carbonyl (C=O) groups is 1. The molecular weight excluding hydrogens is 310 g/mol. The van der Waals surface area contributed by atoms with Crippen LogP contribution in [0.25, 0.3) is 0 Å². The van der Waals surface area contributed by atoms with E-state index in [1.807, 2.05) is 30.4 Å². The Morgan fingerprint density at radius 1 is 1.08 bits per heavy atom. The molecule has 2 heterocycles. The highest BCUT2D eigenvalue weighted by Gasteiger charge is 2.26. The zero-order valence-electron chi connectivity index (χ0n) is 14.8. The van der Waals surface area contributed by atoms with Crippen molar-refractivity contribution in [2.24, 2.45) is 0 Å². The molecule has 0 unspecified atom stereocenters. The van der Waals surface area contributed by atoms with Crippen molar-refractivity contribution < 1.29 is 4.79 Å². The Balaban J connectivity index is 1.40. The molecule has 4 rings (SSSR count). The summed E-state index contributed by atoms with van der Waals surface area (Å²) < 4.78 is 0. The quantitative estimate of drug-likeness (QED) is 0.863. The summed E-state index contributed by atoms with van der Waals surface area (Å²) in [7, 11) is 1.96. The molecule has 0 radical (unpaired) electrons. The predicted molar refractivity (Wildman–Crippen MR) is 100 cm³/mol. The number of hydrogen-bond acceptors (Lipinski definition) is 3. The number of pyridine rings is 1. The molecule has 4 nitrogen and oxygen atoms in total. The summed E-state index contributed by atoms with van der Waals surface area (Å²) in [6.07, 6.45) is 9.19. The molecular formula is C21H25N3O. The molecule has 1 aromatic heterocycles. The number of nitrogens with zero attached hydrogens (tertiary/aromatic N) is 3. The topological polar surface area (TPSA) is 36.4 Å². The first-order valence-electron chi connectivity index (χ1n) is 9.26. The lowest BCUT2D eigenvalue weighted by Gasteiger charge is -2.37. The summed E-state index contributed by atoms with van der Waals surface area (Å²) in [5.41, 5.74) is 4.86. The standard InChI is InChI=1S/C21H25N3O/c1-23(21(25)18-6-5-16-3-2-4-17(16)15-18)19-9-13-24(14-10-19)20-7-11-22-12-8-20/h5-8,11-12,15,19H,2-4,9-10,13-14H2,1H3. The molecule has 1 aliphatic heterocycles. The predicted octanol–water partition coefficient (Wildman–Crippen LogP) is 3.31. The van der Waals surface area contributed by atoms with Crippen molar-refractivity contribution in [1.82, 2.24) is 9.88 Å². The van der Waals surface area contributed by atoms with Crippen LogP contribution in [0, 0.1) is 0 Å². The minimum absolute atomic E-state index is 0.164. The zero-order valence-corrected chi connectivity index (χ0v) is 14.8. The Morgan fingerprint density at radius 2 is 1.80 bits per heavy atom. The summed E-state index contributed by atoms with van der Waals surface area (Å²) in [5, 5.41) is 0. The summed E-state index contributed by atoms with van der Waals surface area (Å²) >= 11 is 0. The van der Waals surface area contributed by atoms with E-state index in [1.54, 1.807) is 0 Å². The third kappa shape index (κ3) is 3.26. The van der Waals surface area contributed by atoms with Gasteiger partial charge in [0.2, 0.25) is 0 Å². The van der Waals surface area contributed by atoms with Gasteiger partial charge in [-0.3, -0.25) is 9.78 Å². The number of amides is 1. The van der Waals surface area contributed by atoms with Crippen molar-refractivity contribution >= 4 is 11.6 Å². The Bertz CT molecular complexity index is 751. The molecule has 1 saturated heterocycles. The minimum atomic E-state index is 0.164. The molecule has 130 valence electrons. The molecule has 2 aliphatic rings. The van der Waals surface area contributed by atoms with Crippen LogP contribution in [-0.4, -0.2) is 42.0 Å². The SMILES string of the molecule is CN(C(=O)c1ccc2c(c1)CCC2)C1CCN(c2ccncc2)CC1. The highest BCUT2D eigenvalue weighted by molar-refractivity contribution is 5.94. The highest BCUT2D eigenvalue weighted by Crippen LogP contribution is 2.25. The Labute approximate surface area is 149 Å². The van der Waals surface area contributed by atoms with Gasteiger partial charge < -0.3 is 9.80 Å². The largest absolute Gasteiger partial charge is 0.371 e. The fourth-order valence-electron chi connectivity index (χ4n) is 4.14. The van der Waals surface area contributed by atoms with Crippen LogP contribution in [0.15, 0.2) is 42.7 Å². The van der Waals surface area contributed by atoms with Gasteiger partial charge in [0.1, 0.15) is 0 Å². The number of rotatable bonds is 3. The number of aryl methyl sites for hydroxylation is 2. The average Bonchev–Trinajstić information content (AvgIpc) is 3.15. The lowest BCUT2D eigenvalue weighted by molar-refractivity contribution is 0.0709. The van der Waals surface area contributed by atoms with Crippen molar-refractivity contribution in [3.05, 3.63) is 59.4 Å². The van der Waals surface area contributed by atoms with E-state index in [4.69, 9.17) is 0 Å². The second-order valence-corrected chi connectivity index (χ2v) is 7.18. The van der Waals surface area contributed by atoms with Gasteiger partial charge in [-0.1, -0.05) is 6.07 Å². The Hall–Kier alpha value is -2.36. The molecule has 1 aliphatic carbocycles. The number of piperidine rings is 1. The van der Waals surface area contributed by atoms with E-state index in [-0.39, 0.29) is 5.91 Å². The van der Waals surface area contributed by atoms with Crippen molar-refractivity contribution in [3.63, 3.8) is 0 Å². The fourth-order valence-corrected chi connectivity index (χ4v) is 4.14. The van der Waals surface area contributed by atoms with Crippen LogP contribution in [0.1, 0.15) is 40.7 Å². The van der Waals surface area contributed by atoms with Gasteiger partial charge in [0.05, 0.1) is 0 Å². The van der Waals surface area contributed by atoms with Gasteiger partial charge in [0.25, 0.3) is 5.91 Å². The van der Waals surface area contributed by atoms with Crippen LogP contribution < -0.4 is 4.90 Å². The van der Waals surface area contributed by atoms with Crippen LogP contribution in [0.4, 0.5) is 5.69 Å². The second-order valence-electron chi connectivity index (χ2n) is 7.18. The van der Waals surface area contributed by atoms with E-state index in [2.05, 4.69) is 34.1 Å². The van der Waals surface area contributed by atoms with E-state index in [0.29, 0.717) is 6.04 Å². The average molecular weight is 335 g/mol. The van der Waals surface area contributed by atoms with Gasteiger partial charge in [-0.25, -0.2) is 0 Å². The molecule has 0 bridgehead atoms. The van der Waals surface area contributed by atoms with Gasteiger partial charge in [0, 0.05) is 49.8 Å². The van der Waals surface area contributed by atoms with Crippen LogP contribution in [0.3, 0.4) is 0 Å². The van der Waals surface area contributed by atoms with E-state index < -0.39 is 0 Å². The minimum Gasteiger partial charge on any atom is -0.371 e. The second kappa shape index (κ2) is 6.87. The van der Waals surface area contributed by atoms with Crippen molar-refractivity contribution in [2.45, 2.75) is 38.1 Å². The van der Waals surface area contributed by atoms with Crippen LogP contribution in [0.2, 0.25) is 0 Å². The number of carbonyl (C=O) groups excluding carboxylic acids is 1. The van der Waals surface area contributed by atoms with Gasteiger partial charge in [-0.05, 0) is 67.5 Å². The Kier molecular flexibility index (Phi) is 4.43. The van der Waals surface area contributed by atoms with Gasteiger partial charge in [-0.2, -0.15) is 0 Å². The molecule has 1 aromatic carbocycles. The van der Waals surface area contributed by atoms with Gasteiger partial charge in [-0.15, -0.1) is 0 Å². The number of aromatic nitrogens is 1. The van der Waals surface area contributed by atoms with Crippen LogP contribution >= 0.6 is 0 Å². The summed E-state index contributed by atoms with van der Waals surface area (Å²) in [5.74, 6) is 0.164. The molecule has 4 heteroatoms. The lowest BCUT2D eigenvalue weighted by atomic mass is 10.0. The zero-order chi connectivity index (χ0) is 17.2. The first kappa shape index (κ1) is 16.1. The smallest absolute Gasteiger partial charge is 0.253 e. The normalized spacial score (nSPS) is 17.4. The van der Waals surface area contributed by atoms with E-state index in [1.165, 1.54) is 23.2 Å². The fraction of sp³-hybridized carbons (Fsp3) is 0.429. The summed E-state index contributed by atoms with van der Waals surface area (Å²) in [6, 6.07) is 10.7. The van der Waals surface area contributed by atoms with Crippen molar-refractivity contribution in [3.8, 4) is 0 Å². The lowest BCUT2D eigenvalue weighted by Crippen LogP contribution is -2.45. The molecule has 2 aromatic rings. The van der Waals surface area contributed by atoms with Gasteiger partial charge >= 0.3 is 0 Å². The monoisotopic (exact) mass is 335 g/mol. The van der Waals surface area contributed by atoms with E-state index >= 15 is 0 Å². The number of benzene rings is 1.